The summed E-state index contributed by atoms with van der Waals surface area (Å²) in [6, 6.07) is -0.0345. The molecule has 25 heavy (non-hydrogen) atoms. The number of carbonyl (C=O) groups excluding carboxylic acids is 2. The molecule has 0 unspecified atom stereocenters. The van der Waals surface area contributed by atoms with Crippen molar-refractivity contribution < 1.29 is 19.4 Å². The first-order valence-corrected chi connectivity index (χ1v) is 9.70. The molecule has 140 valence electrons. The van der Waals surface area contributed by atoms with Gasteiger partial charge in [0.1, 0.15) is 6.10 Å². The highest BCUT2D eigenvalue weighted by atomic mass is 16.5. The number of ether oxygens (including phenoxy) is 1. The highest BCUT2D eigenvalue weighted by molar-refractivity contribution is 5.80. The molecular weight excluding hydrogens is 320 g/mol. The molecule has 2 aliphatic carbocycles. The number of hydrogen-bond donors (Lipinski definition) is 3. The van der Waals surface area contributed by atoms with Crippen LogP contribution in [0.2, 0.25) is 0 Å². The first-order valence-electron chi connectivity index (χ1n) is 9.70. The zero-order valence-corrected chi connectivity index (χ0v) is 14.8. The van der Waals surface area contributed by atoms with Crippen LogP contribution >= 0.6 is 0 Å². The predicted molar refractivity (Wildman–Crippen MR) is 93.8 cm³/mol. The molecule has 3 atom stereocenters. The average Bonchev–Trinajstić information content (AvgIpc) is 2.55. The first kappa shape index (κ1) is 18.4. The van der Waals surface area contributed by atoms with Crippen molar-refractivity contribution in [3.63, 3.8) is 0 Å². The lowest BCUT2D eigenvalue weighted by Gasteiger charge is -2.34. The number of amides is 2. The quantitative estimate of drug-likeness (QED) is 0.632. The Morgan fingerprint density at radius 1 is 1.00 bits per heavy atom. The van der Waals surface area contributed by atoms with Crippen LogP contribution in [-0.4, -0.2) is 47.8 Å². The lowest BCUT2D eigenvalue weighted by atomic mass is 9.84. The molecule has 6 heteroatoms. The third-order valence-corrected chi connectivity index (χ3v) is 5.60. The second-order valence-corrected chi connectivity index (χ2v) is 7.55. The van der Waals surface area contributed by atoms with Crippen LogP contribution in [-0.2, 0) is 14.3 Å². The molecule has 0 saturated heterocycles. The van der Waals surface area contributed by atoms with Gasteiger partial charge in [0.05, 0.1) is 25.2 Å². The van der Waals surface area contributed by atoms with Gasteiger partial charge in [0, 0.05) is 12.0 Å². The Labute approximate surface area is 149 Å². The van der Waals surface area contributed by atoms with Crippen LogP contribution in [0.25, 0.3) is 0 Å². The SMILES string of the molecule is O=C(C[C@H]1C=C[C@@H](NC(=O)C2CCC2)[C@@H](CO)O1)NC1CCCCC1. The maximum atomic E-state index is 12.2. The fourth-order valence-corrected chi connectivity index (χ4v) is 3.80. The molecule has 0 aromatic heterocycles. The molecule has 3 rings (SSSR count). The van der Waals surface area contributed by atoms with E-state index in [9.17, 15) is 14.7 Å². The molecule has 6 nitrogen and oxygen atoms in total. The number of rotatable bonds is 6. The maximum absolute atomic E-state index is 12.2. The van der Waals surface area contributed by atoms with Crippen molar-refractivity contribution in [3.05, 3.63) is 12.2 Å². The summed E-state index contributed by atoms with van der Waals surface area (Å²) in [4.78, 5) is 24.3. The van der Waals surface area contributed by atoms with E-state index in [-0.39, 0.29) is 48.9 Å². The van der Waals surface area contributed by atoms with Gasteiger partial charge in [0.25, 0.3) is 0 Å². The largest absolute Gasteiger partial charge is 0.394 e. The van der Waals surface area contributed by atoms with E-state index in [0.717, 1.165) is 32.1 Å². The van der Waals surface area contributed by atoms with Crippen molar-refractivity contribution in [1.29, 1.82) is 0 Å². The normalized spacial score (nSPS) is 30.5. The molecule has 0 radical (unpaired) electrons. The lowest BCUT2D eigenvalue weighted by Crippen LogP contribution is -2.51. The topological polar surface area (TPSA) is 87.7 Å². The Hall–Kier alpha value is -1.40. The van der Waals surface area contributed by atoms with Crippen molar-refractivity contribution in [2.75, 3.05) is 6.61 Å². The number of carbonyl (C=O) groups is 2. The van der Waals surface area contributed by atoms with Gasteiger partial charge in [-0.1, -0.05) is 37.8 Å². The minimum atomic E-state index is -0.499. The monoisotopic (exact) mass is 350 g/mol. The van der Waals surface area contributed by atoms with E-state index in [4.69, 9.17) is 4.74 Å². The van der Waals surface area contributed by atoms with E-state index in [1.54, 1.807) is 0 Å². The Balaban J connectivity index is 1.47. The summed E-state index contributed by atoms with van der Waals surface area (Å²) < 4.78 is 5.83. The Kier molecular flexibility index (Phi) is 6.48. The fraction of sp³-hybridized carbons (Fsp3) is 0.789. The molecule has 1 heterocycles. The summed E-state index contributed by atoms with van der Waals surface area (Å²) in [6.07, 6.45) is 11.8. The van der Waals surface area contributed by atoms with Crippen LogP contribution in [0.1, 0.15) is 57.8 Å². The predicted octanol–water partition coefficient (Wildman–Crippen LogP) is 1.43. The third-order valence-electron chi connectivity index (χ3n) is 5.60. The molecule has 1 aliphatic heterocycles. The van der Waals surface area contributed by atoms with Crippen molar-refractivity contribution in [3.8, 4) is 0 Å². The molecular formula is C19H30N2O4. The smallest absolute Gasteiger partial charge is 0.223 e. The molecule has 2 saturated carbocycles. The Bertz CT molecular complexity index is 498. The van der Waals surface area contributed by atoms with Crippen LogP contribution < -0.4 is 10.6 Å². The minimum absolute atomic E-state index is 0.00445. The second kappa shape index (κ2) is 8.81. The van der Waals surface area contributed by atoms with Gasteiger partial charge in [0.15, 0.2) is 0 Å². The number of hydrogen-bond acceptors (Lipinski definition) is 4. The van der Waals surface area contributed by atoms with Gasteiger partial charge in [-0.05, 0) is 25.7 Å². The van der Waals surface area contributed by atoms with Gasteiger partial charge in [-0.3, -0.25) is 9.59 Å². The van der Waals surface area contributed by atoms with Gasteiger partial charge in [-0.15, -0.1) is 0 Å². The van der Waals surface area contributed by atoms with Crippen LogP contribution in [0.15, 0.2) is 12.2 Å². The van der Waals surface area contributed by atoms with Crippen LogP contribution in [0, 0.1) is 5.92 Å². The van der Waals surface area contributed by atoms with Gasteiger partial charge in [0.2, 0.25) is 11.8 Å². The molecule has 3 N–H and O–H groups in total. The third kappa shape index (κ3) is 5.05. The van der Waals surface area contributed by atoms with E-state index in [1.807, 2.05) is 12.2 Å². The number of aliphatic hydroxyl groups excluding tert-OH is 1. The van der Waals surface area contributed by atoms with Crippen molar-refractivity contribution in [1.82, 2.24) is 10.6 Å². The summed E-state index contributed by atoms with van der Waals surface area (Å²) in [6.45, 7) is -0.180. The van der Waals surface area contributed by atoms with E-state index in [1.165, 1.54) is 19.3 Å². The standard InChI is InChI=1S/C19H30N2O4/c22-12-17-16(21-19(24)13-5-4-6-13)10-9-15(25-17)11-18(23)20-14-7-2-1-3-8-14/h9-10,13-17,22H,1-8,11-12H2,(H,20,23)(H,21,24)/t15-,16-,17-/m1/s1. The minimum Gasteiger partial charge on any atom is -0.394 e. The van der Waals surface area contributed by atoms with Gasteiger partial charge in [-0.2, -0.15) is 0 Å². The molecule has 2 fully saturated rings. The number of nitrogens with one attached hydrogen (secondary N) is 2. The zero-order chi connectivity index (χ0) is 17.6. The molecule has 3 aliphatic rings. The summed E-state index contributed by atoms with van der Waals surface area (Å²) in [5, 5.41) is 15.6. The van der Waals surface area contributed by atoms with Crippen molar-refractivity contribution in [2.24, 2.45) is 5.92 Å². The fourth-order valence-electron chi connectivity index (χ4n) is 3.80. The molecule has 0 aromatic rings. The van der Waals surface area contributed by atoms with E-state index in [2.05, 4.69) is 10.6 Å². The maximum Gasteiger partial charge on any atom is 0.223 e. The van der Waals surface area contributed by atoms with Gasteiger partial charge in [-0.25, -0.2) is 0 Å². The molecule has 0 bridgehead atoms. The second-order valence-electron chi connectivity index (χ2n) is 7.55. The van der Waals surface area contributed by atoms with Crippen LogP contribution in [0.4, 0.5) is 0 Å². The van der Waals surface area contributed by atoms with Crippen molar-refractivity contribution in [2.45, 2.75) is 82.1 Å². The van der Waals surface area contributed by atoms with Gasteiger partial charge >= 0.3 is 0 Å². The van der Waals surface area contributed by atoms with E-state index < -0.39 is 6.10 Å². The first-order chi connectivity index (χ1) is 12.2. The van der Waals surface area contributed by atoms with Crippen molar-refractivity contribution >= 4 is 11.8 Å². The van der Waals surface area contributed by atoms with E-state index >= 15 is 0 Å². The van der Waals surface area contributed by atoms with E-state index in [0.29, 0.717) is 0 Å². The molecule has 2 amide bonds. The van der Waals surface area contributed by atoms with Gasteiger partial charge < -0.3 is 20.5 Å². The van der Waals surface area contributed by atoms with Crippen LogP contribution in [0.3, 0.4) is 0 Å². The Morgan fingerprint density at radius 3 is 2.40 bits per heavy atom. The highest BCUT2D eigenvalue weighted by Gasteiger charge is 2.32. The Morgan fingerprint density at radius 2 is 1.76 bits per heavy atom. The summed E-state index contributed by atoms with van der Waals surface area (Å²) in [7, 11) is 0. The summed E-state index contributed by atoms with van der Waals surface area (Å²) in [5.74, 6) is 0.137. The average molecular weight is 350 g/mol. The number of aliphatic hydroxyl groups is 1. The highest BCUT2D eigenvalue weighted by Crippen LogP contribution is 2.27. The molecule has 0 aromatic carbocycles. The molecule has 0 spiro atoms. The van der Waals surface area contributed by atoms with Crippen LogP contribution in [0.5, 0.6) is 0 Å². The summed E-state index contributed by atoms with van der Waals surface area (Å²) >= 11 is 0. The zero-order valence-electron chi connectivity index (χ0n) is 14.8. The summed E-state index contributed by atoms with van der Waals surface area (Å²) in [5.41, 5.74) is 0. The lowest BCUT2D eigenvalue weighted by molar-refractivity contribution is -0.132.